The Bertz CT molecular complexity index is 845. The highest BCUT2D eigenvalue weighted by Crippen LogP contribution is 2.28. The zero-order valence-corrected chi connectivity index (χ0v) is 17.9. The van der Waals surface area contributed by atoms with Gasteiger partial charge in [0.15, 0.2) is 0 Å². The number of carbonyl (C=O) groups is 2. The Hall–Kier alpha value is -2.89. The number of rotatable bonds is 4. The number of hydrogen-bond acceptors (Lipinski definition) is 4. The van der Waals surface area contributed by atoms with Crippen LogP contribution in [0.15, 0.2) is 30.8 Å². The lowest BCUT2D eigenvalue weighted by atomic mass is 10.1. The van der Waals surface area contributed by atoms with Gasteiger partial charge in [0.2, 0.25) is 5.91 Å². The second-order valence-electron chi connectivity index (χ2n) is 6.90. The van der Waals surface area contributed by atoms with E-state index in [2.05, 4.69) is 16.9 Å². The predicted octanol–water partition coefficient (Wildman–Crippen LogP) is 5.52. The fourth-order valence-electron chi connectivity index (χ4n) is 2.60. The van der Waals surface area contributed by atoms with Gasteiger partial charge in [-0.15, -0.1) is 0 Å². The molecular weight excluding hydrogens is 354 g/mol. The van der Waals surface area contributed by atoms with Gasteiger partial charge in [-0.2, -0.15) is 0 Å². The average molecular weight is 386 g/mol. The van der Waals surface area contributed by atoms with Gasteiger partial charge in [-0.1, -0.05) is 33.4 Å². The number of hydrogen-bond donors (Lipinski definition) is 1. The molecule has 0 fully saturated rings. The lowest BCUT2D eigenvalue weighted by molar-refractivity contribution is -0.114. The highest BCUT2D eigenvalue weighted by molar-refractivity contribution is 5.88. The number of carbonyl (C=O) groups excluding carboxylic acids is 2. The van der Waals surface area contributed by atoms with Crippen molar-refractivity contribution in [1.82, 2.24) is 9.55 Å². The highest BCUT2D eigenvalue weighted by Gasteiger charge is 2.24. The SMILES string of the molecule is C=Cc1c(CC)cc(-c2cccc(NC(C)=O)n2)n1C(=O)OC(C)(C)C.CC. The van der Waals surface area contributed by atoms with E-state index >= 15 is 0 Å². The summed E-state index contributed by atoms with van der Waals surface area (Å²) in [5, 5.41) is 2.66. The minimum Gasteiger partial charge on any atom is -0.443 e. The topological polar surface area (TPSA) is 73.2 Å². The third-order valence-electron chi connectivity index (χ3n) is 3.59. The number of nitrogens with one attached hydrogen (secondary N) is 1. The molecular formula is C22H31N3O3. The molecule has 0 aromatic carbocycles. The zero-order chi connectivity index (χ0) is 21.5. The highest BCUT2D eigenvalue weighted by atomic mass is 16.6. The van der Waals surface area contributed by atoms with Crippen LogP contribution in [-0.2, 0) is 16.0 Å². The Morgan fingerprint density at radius 2 is 1.93 bits per heavy atom. The van der Waals surface area contributed by atoms with Crippen LogP contribution in [0, 0.1) is 0 Å². The van der Waals surface area contributed by atoms with Gasteiger partial charge < -0.3 is 10.1 Å². The van der Waals surface area contributed by atoms with Crippen molar-refractivity contribution in [2.75, 3.05) is 5.32 Å². The summed E-state index contributed by atoms with van der Waals surface area (Å²) in [6, 6.07) is 7.16. The summed E-state index contributed by atoms with van der Waals surface area (Å²) < 4.78 is 7.04. The van der Waals surface area contributed by atoms with E-state index in [1.165, 1.54) is 11.5 Å². The van der Waals surface area contributed by atoms with Crippen LogP contribution >= 0.6 is 0 Å². The molecule has 0 aliphatic heterocycles. The minimum atomic E-state index is -0.630. The first-order valence-corrected chi connectivity index (χ1v) is 9.51. The Morgan fingerprint density at radius 1 is 1.29 bits per heavy atom. The van der Waals surface area contributed by atoms with Gasteiger partial charge in [0.1, 0.15) is 11.4 Å². The van der Waals surface area contributed by atoms with Gasteiger partial charge in [0.25, 0.3) is 0 Å². The number of pyridine rings is 1. The number of ether oxygens (including phenoxy) is 1. The van der Waals surface area contributed by atoms with Crippen molar-refractivity contribution in [2.24, 2.45) is 0 Å². The first kappa shape index (κ1) is 23.1. The molecule has 0 bridgehead atoms. The number of nitrogens with zero attached hydrogens (tertiary/aromatic N) is 2. The molecule has 0 saturated heterocycles. The van der Waals surface area contributed by atoms with Crippen LogP contribution in [-0.4, -0.2) is 27.2 Å². The summed E-state index contributed by atoms with van der Waals surface area (Å²) >= 11 is 0. The molecule has 0 spiro atoms. The smallest absolute Gasteiger partial charge is 0.419 e. The third kappa shape index (κ3) is 5.81. The van der Waals surface area contributed by atoms with Gasteiger partial charge in [-0.3, -0.25) is 4.79 Å². The second-order valence-corrected chi connectivity index (χ2v) is 6.90. The largest absolute Gasteiger partial charge is 0.443 e. The number of amides is 1. The lowest BCUT2D eigenvalue weighted by Crippen LogP contribution is -2.28. The van der Waals surface area contributed by atoms with Crippen LogP contribution in [0.5, 0.6) is 0 Å². The lowest BCUT2D eigenvalue weighted by Gasteiger charge is -2.21. The van der Waals surface area contributed by atoms with E-state index in [1.807, 2.05) is 47.6 Å². The van der Waals surface area contributed by atoms with Crippen molar-refractivity contribution in [3.8, 4) is 11.4 Å². The Labute approximate surface area is 167 Å². The molecule has 0 atom stereocenters. The quantitative estimate of drug-likeness (QED) is 0.752. The van der Waals surface area contributed by atoms with Crippen molar-refractivity contribution < 1.29 is 14.3 Å². The molecule has 6 heteroatoms. The Kier molecular flexibility index (Phi) is 8.16. The average Bonchev–Trinajstić information content (AvgIpc) is 3.00. The summed E-state index contributed by atoms with van der Waals surface area (Å²) in [4.78, 5) is 28.6. The molecule has 2 rings (SSSR count). The van der Waals surface area contributed by atoms with E-state index in [9.17, 15) is 9.59 Å². The minimum absolute atomic E-state index is 0.210. The molecule has 6 nitrogen and oxygen atoms in total. The first-order valence-electron chi connectivity index (χ1n) is 9.51. The van der Waals surface area contributed by atoms with Gasteiger partial charge in [-0.05, 0) is 57.0 Å². The van der Waals surface area contributed by atoms with Crippen LogP contribution in [0.4, 0.5) is 10.6 Å². The molecule has 152 valence electrons. The zero-order valence-electron chi connectivity index (χ0n) is 17.9. The van der Waals surface area contributed by atoms with Crippen LogP contribution < -0.4 is 5.32 Å². The molecule has 0 aliphatic rings. The van der Waals surface area contributed by atoms with E-state index in [0.29, 0.717) is 22.9 Å². The maximum Gasteiger partial charge on any atom is 0.419 e. The standard InChI is InChI=1S/C20H25N3O3.C2H6/c1-7-14-12-17(15-10-9-11-18(22-15)21-13(3)24)23(16(14)8-2)19(25)26-20(4,5)6;1-2/h8-12H,2,7H2,1,3-6H3,(H,21,22,24);1-2H3. The van der Waals surface area contributed by atoms with Crippen LogP contribution in [0.1, 0.15) is 59.7 Å². The van der Waals surface area contributed by atoms with Crippen molar-refractivity contribution in [3.63, 3.8) is 0 Å². The molecule has 28 heavy (non-hydrogen) atoms. The number of aryl methyl sites for hydroxylation is 1. The molecule has 0 saturated carbocycles. The first-order chi connectivity index (χ1) is 13.2. The van der Waals surface area contributed by atoms with E-state index in [-0.39, 0.29) is 5.91 Å². The van der Waals surface area contributed by atoms with E-state index in [0.717, 1.165) is 12.0 Å². The summed E-state index contributed by atoms with van der Waals surface area (Å²) in [5.41, 5.74) is 2.17. The monoisotopic (exact) mass is 385 g/mol. The molecule has 2 heterocycles. The Balaban J connectivity index is 0.00000190. The van der Waals surface area contributed by atoms with E-state index in [4.69, 9.17) is 4.74 Å². The van der Waals surface area contributed by atoms with Crippen molar-refractivity contribution in [1.29, 1.82) is 0 Å². The summed E-state index contributed by atoms with van der Waals surface area (Å²) in [6.07, 6.45) is 1.88. The third-order valence-corrected chi connectivity index (χ3v) is 3.59. The van der Waals surface area contributed by atoms with Gasteiger partial charge >= 0.3 is 6.09 Å². The van der Waals surface area contributed by atoms with Crippen molar-refractivity contribution >= 4 is 23.9 Å². The van der Waals surface area contributed by atoms with Crippen LogP contribution in [0.25, 0.3) is 17.5 Å². The van der Waals surface area contributed by atoms with E-state index < -0.39 is 11.7 Å². The van der Waals surface area contributed by atoms with Crippen molar-refractivity contribution in [3.05, 3.63) is 42.1 Å². The molecule has 2 aromatic rings. The van der Waals surface area contributed by atoms with E-state index in [1.54, 1.807) is 24.3 Å². The fraction of sp³-hybridized carbons (Fsp3) is 0.409. The molecule has 2 aromatic heterocycles. The van der Waals surface area contributed by atoms with Crippen LogP contribution in [0.3, 0.4) is 0 Å². The van der Waals surface area contributed by atoms with Crippen molar-refractivity contribution in [2.45, 2.75) is 60.5 Å². The molecule has 0 unspecified atom stereocenters. The van der Waals surface area contributed by atoms with Gasteiger partial charge in [0, 0.05) is 6.92 Å². The summed E-state index contributed by atoms with van der Waals surface area (Å²) in [7, 11) is 0. The summed E-state index contributed by atoms with van der Waals surface area (Å²) in [5.74, 6) is 0.211. The van der Waals surface area contributed by atoms with Gasteiger partial charge in [0.05, 0.1) is 17.1 Å². The number of anilines is 1. The molecule has 0 radical (unpaired) electrons. The summed E-state index contributed by atoms with van der Waals surface area (Å²) in [6.45, 7) is 16.7. The maximum absolute atomic E-state index is 12.8. The number of aromatic nitrogens is 2. The predicted molar refractivity (Wildman–Crippen MR) is 114 cm³/mol. The second kappa shape index (κ2) is 9.88. The normalized spacial score (nSPS) is 10.5. The molecule has 1 N–H and O–H groups in total. The van der Waals surface area contributed by atoms with Crippen LogP contribution in [0.2, 0.25) is 0 Å². The molecule has 0 aliphatic carbocycles. The fourth-order valence-corrected chi connectivity index (χ4v) is 2.60. The maximum atomic E-state index is 12.8. The molecule has 1 amide bonds. The Morgan fingerprint density at radius 3 is 2.43 bits per heavy atom. The van der Waals surface area contributed by atoms with Gasteiger partial charge in [-0.25, -0.2) is 14.3 Å².